The van der Waals surface area contributed by atoms with Gasteiger partial charge in [-0.25, -0.2) is 4.39 Å². The highest BCUT2D eigenvalue weighted by molar-refractivity contribution is 5.71. The molecule has 0 atom stereocenters. The summed E-state index contributed by atoms with van der Waals surface area (Å²) in [6.45, 7) is 4.40. The summed E-state index contributed by atoms with van der Waals surface area (Å²) in [4.78, 5) is 0. The fraction of sp³-hybridized carbons (Fsp3) is 0.217. The van der Waals surface area contributed by atoms with Crippen molar-refractivity contribution in [3.05, 3.63) is 77.9 Å². The van der Waals surface area contributed by atoms with Crippen LogP contribution in [0.25, 0.3) is 22.3 Å². The monoisotopic (exact) mass is 352 g/mol. The van der Waals surface area contributed by atoms with Gasteiger partial charge in [0.05, 0.1) is 6.61 Å². The van der Waals surface area contributed by atoms with Gasteiger partial charge in [-0.1, -0.05) is 62.4 Å². The van der Waals surface area contributed by atoms with Crippen molar-refractivity contribution < 1.29 is 13.5 Å². The Morgan fingerprint density at radius 3 is 1.85 bits per heavy atom. The molecule has 3 aromatic rings. The van der Waals surface area contributed by atoms with Gasteiger partial charge < -0.3 is 4.74 Å². The molecule has 0 aliphatic heterocycles. The number of halogens is 2. The van der Waals surface area contributed by atoms with Gasteiger partial charge in [-0.15, -0.1) is 0 Å². The van der Waals surface area contributed by atoms with Crippen LogP contribution >= 0.6 is 0 Å². The molecule has 0 amide bonds. The van der Waals surface area contributed by atoms with E-state index in [9.17, 15) is 8.78 Å². The molecule has 0 unspecified atom stereocenters. The van der Waals surface area contributed by atoms with Crippen molar-refractivity contribution >= 4 is 0 Å². The van der Waals surface area contributed by atoms with Crippen LogP contribution < -0.4 is 4.74 Å². The van der Waals surface area contributed by atoms with Crippen molar-refractivity contribution in [2.24, 2.45) is 0 Å². The Kier molecular flexibility index (Phi) is 5.67. The summed E-state index contributed by atoms with van der Waals surface area (Å²) in [6.07, 6.45) is 1.74. The summed E-state index contributed by atoms with van der Waals surface area (Å²) < 4.78 is 33.9. The van der Waals surface area contributed by atoms with E-state index in [1.807, 2.05) is 31.2 Å². The Balaban J connectivity index is 1.87. The molecule has 3 heteroatoms. The topological polar surface area (TPSA) is 9.23 Å². The predicted molar refractivity (Wildman–Crippen MR) is 102 cm³/mol. The van der Waals surface area contributed by atoms with Gasteiger partial charge in [0.1, 0.15) is 0 Å². The molecule has 0 saturated heterocycles. The summed E-state index contributed by atoms with van der Waals surface area (Å²) in [5.41, 5.74) is 4.30. The van der Waals surface area contributed by atoms with Gasteiger partial charge in [0.15, 0.2) is 11.6 Å². The maximum Gasteiger partial charge on any atom is 0.201 e. The molecule has 26 heavy (non-hydrogen) atoms. The molecule has 1 nitrogen and oxygen atoms in total. The average Bonchev–Trinajstić information content (AvgIpc) is 2.69. The lowest BCUT2D eigenvalue weighted by Gasteiger charge is -2.10. The third-order valence-corrected chi connectivity index (χ3v) is 4.40. The summed E-state index contributed by atoms with van der Waals surface area (Å²) in [7, 11) is 0. The standard InChI is InChI=1S/C23H22F2O/c1-3-15-26-21-14-13-20(22(24)23(21)25)19-11-9-18(10-12-19)17-7-5-16(4-2)6-8-17/h5-14H,3-4,15H2,1-2H3. The van der Waals surface area contributed by atoms with Crippen LogP contribution in [0.3, 0.4) is 0 Å². The highest BCUT2D eigenvalue weighted by Gasteiger charge is 2.15. The van der Waals surface area contributed by atoms with Crippen molar-refractivity contribution in [3.63, 3.8) is 0 Å². The maximum atomic E-state index is 14.4. The number of hydrogen-bond acceptors (Lipinski definition) is 1. The molecule has 0 radical (unpaired) electrons. The molecular formula is C23H22F2O. The van der Waals surface area contributed by atoms with Crippen molar-refractivity contribution in [1.82, 2.24) is 0 Å². The van der Waals surface area contributed by atoms with E-state index in [-0.39, 0.29) is 11.3 Å². The van der Waals surface area contributed by atoms with Crippen LogP contribution in [0.4, 0.5) is 8.78 Å². The minimum atomic E-state index is -0.935. The van der Waals surface area contributed by atoms with E-state index in [2.05, 4.69) is 31.2 Å². The molecule has 0 aliphatic carbocycles. The van der Waals surface area contributed by atoms with Gasteiger partial charge in [-0.05, 0) is 47.2 Å². The first-order chi connectivity index (χ1) is 12.6. The lowest BCUT2D eigenvalue weighted by Crippen LogP contribution is -2.00. The molecule has 3 rings (SSSR count). The molecule has 0 N–H and O–H groups in total. The van der Waals surface area contributed by atoms with Crippen LogP contribution in [0.15, 0.2) is 60.7 Å². The normalized spacial score (nSPS) is 10.8. The predicted octanol–water partition coefficient (Wildman–Crippen LogP) is 6.65. The first-order valence-corrected chi connectivity index (χ1v) is 8.94. The minimum absolute atomic E-state index is 0.0410. The molecule has 3 aromatic carbocycles. The van der Waals surface area contributed by atoms with E-state index in [0.29, 0.717) is 12.2 Å². The zero-order valence-electron chi connectivity index (χ0n) is 15.1. The van der Waals surface area contributed by atoms with Crippen molar-refractivity contribution in [3.8, 4) is 28.0 Å². The Morgan fingerprint density at radius 2 is 1.27 bits per heavy atom. The maximum absolute atomic E-state index is 14.4. The van der Waals surface area contributed by atoms with Gasteiger partial charge in [0, 0.05) is 5.56 Å². The molecule has 134 valence electrons. The summed E-state index contributed by atoms with van der Waals surface area (Å²) >= 11 is 0. The molecule has 0 bridgehead atoms. The zero-order valence-corrected chi connectivity index (χ0v) is 15.1. The van der Waals surface area contributed by atoms with Crippen LogP contribution in [0.2, 0.25) is 0 Å². The van der Waals surface area contributed by atoms with E-state index >= 15 is 0 Å². The molecule has 0 aliphatic rings. The van der Waals surface area contributed by atoms with E-state index in [1.54, 1.807) is 6.07 Å². The van der Waals surface area contributed by atoms with Gasteiger partial charge in [0.2, 0.25) is 5.82 Å². The highest BCUT2D eigenvalue weighted by atomic mass is 19.2. The lowest BCUT2D eigenvalue weighted by atomic mass is 9.99. The first kappa shape index (κ1) is 18.1. The molecule has 0 fully saturated rings. The van der Waals surface area contributed by atoms with Crippen LogP contribution in [-0.4, -0.2) is 6.61 Å². The Bertz CT molecular complexity index is 868. The Hall–Kier alpha value is -2.68. The number of hydrogen-bond donors (Lipinski definition) is 0. The molecule has 0 saturated carbocycles. The summed E-state index contributed by atoms with van der Waals surface area (Å²) in [5.74, 6) is -1.85. The third-order valence-electron chi connectivity index (χ3n) is 4.40. The highest BCUT2D eigenvalue weighted by Crippen LogP contribution is 2.31. The number of ether oxygens (including phenoxy) is 1. The second-order valence-corrected chi connectivity index (χ2v) is 6.22. The zero-order chi connectivity index (χ0) is 18.5. The van der Waals surface area contributed by atoms with Crippen LogP contribution in [0.1, 0.15) is 25.8 Å². The summed E-state index contributed by atoms with van der Waals surface area (Å²) in [5, 5.41) is 0. The third kappa shape index (κ3) is 3.77. The Labute approximate surface area is 153 Å². The van der Waals surface area contributed by atoms with Gasteiger partial charge in [-0.2, -0.15) is 4.39 Å². The van der Waals surface area contributed by atoms with E-state index < -0.39 is 11.6 Å². The smallest absolute Gasteiger partial charge is 0.201 e. The van der Waals surface area contributed by atoms with E-state index in [4.69, 9.17) is 4.74 Å². The van der Waals surface area contributed by atoms with Crippen LogP contribution in [0, 0.1) is 11.6 Å². The number of rotatable bonds is 6. The minimum Gasteiger partial charge on any atom is -0.490 e. The van der Waals surface area contributed by atoms with Gasteiger partial charge in [-0.3, -0.25) is 0 Å². The average molecular weight is 352 g/mol. The fourth-order valence-corrected chi connectivity index (χ4v) is 2.85. The molecule has 0 aromatic heterocycles. The van der Waals surface area contributed by atoms with Gasteiger partial charge in [0.25, 0.3) is 0 Å². The largest absolute Gasteiger partial charge is 0.490 e. The fourth-order valence-electron chi connectivity index (χ4n) is 2.85. The lowest BCUT2D eigenvalue weighted by molar-refractivity contribution is 0.295. The molecule has 0 heterocycles. The van der Waals surface area contributed by atoms with Crippen molar-refractivity contribution in [2.75, 3.05) is 6.61 Å². The molecular weight excluding hydrogens is 330 g/mol. The Morgan fingerprint density at radius 1 is 0.692 bits per heavy atom. The van der Waals surface area contributed by atoms with E-state index in [1.165, 1.54) is 11.6 Å². The number of aryl methyl sites for hydroxylation is 1. The summed E-state index contributed by atoms with van der Waals surface area (Å²) in [6, 6.07) is 18.9. The molecule has 0 spiro atoms. The van der Waals surface area contributed by atoms with Gasteiger partial charge >= 0.3 is 0 Å². The van der Waals surface area contributed by atoms with Crippen LogP contribution in [0.5, 0.6) is 5.75 Å². The van der Waals surface area contributed by atoms with Crippen molar-refractivity contribution in [1.29, 1.82) is 0 Å². The number of benzene rings is 3. The van der Waals surface area contributed by atoms with Crippen molar-refractivity contribution in [2.45, 2.75) is 26.7 Å². The second-order valence-electron chi connectivity index (χ2n) is 6.22. The van der Waals surface area contributed by atoms with E-state index in [0.717, 1.165) is 24.0 Å². The SMILES string of the molecule is CCCOc1ccc(-c2ccc(-c3ccc(CC)cc3)cc2)c(F)c1F. The first-order valence-electron chi connectivity index (χ1n) is 8.94. The van der Waals surface area contributed by atoms with Crippen LogP contribution in [-0.2, 0) is 6.42 Å². The quantitative estimate of drug-likeness (QED) is 0.482. The second kappa shape index (κ2) is 8.13.